The molecule has 1 heterocycles. The van der Waals surface area contributed by atoms with E-state index < -0.39 is 5.60 Å². The van der Waals surface area contributed by atoms with E-state index in [2.05, 4.69) is 17.0 Å². The van der Waals surface area contributed by atoms with Gasteiger partial charge in [-0.2, -0.15) is 5.10 Å². The van der Waals surface area contributed by atoms with Crippen LogP contribution in [0.4, 0.5) is 0 Å². The maximum atomic E-state index is 11.3. The third-order valence-corrected chi connectivity index (χ3v) is 4.74. The molecular weight excluding hydrogens is 290 g/mol. The molecule has 0 unspecified atom stereocenters. The Hall–Kier alpha value is -2.27. The van der Waals surface area contributed by atoms with E-state index in [-0.39, 0.29) is 5.92 Å². The lowest BCUT2D eigenvalue weighted by atomic mass is 9.72. The van der Waals surface area contributed by atoms with Crippen molar-refractivity contribution >= 4 is 12.4 Å². The minimum Gasteiger partial charge on any atom is -0.383 e. The molecule has 5 heteroatoms. The molecule has 1 saturated carbocycles. The molecule has 120 valence electrons. The van der Waals surface area contributed by atoms with Crippen molar-refractivity contribution < 1.29 is 9.90 Å². The molecule has 1 aliphatic carbocycles. The maximum absolute atomic E-state index is 11.3. The number of aldehydes is 1. The zero-order chi connectivity index (χ0) is 16.3. The summed E-state index contributed by atoms with van der Waals surface area (Å²) in [5, 5.41) is 15.5. The second-order valence-corrected chi connectivity index (χ2v) is 6.26. The molecule has 1 fully saturated rings. The molecule has 1 N–H and O–H groups in total. The zero-order valence-electron chi connectivity index (χ0n) is 13.2. The molecule has 23 heavy (non-hydrogen) atoms. The van der Waals surface area contributed by atoms with Crippen LogP contribution in [0, 0.1) is 5.92 Å². The van der Waals surface area contributed by atoms with Gasteiger partial charge in [0, 0.05) is 5.56 Å². The number of hydrogen-bond donors (Lipinski definition) is 1. The molecule has 5 nitrogen and oxygen atoms in total. The second-order valence-electron chi connectivity index (χ2n) is 6.26. The van der Waals surface area contributed by atoms with Crippen LogP contribution in [0.5, 0.6) is 0 Å². The van der Waals surface area contributed by atoms with E-state index in [0.717, 1.165) is 36.7 Å². The highest BCUT2D eigenvalue weighted by Crippen LogP contribution is 2.40. The fourth-order valence-electron chi connectivity index (χ4n) is 3.26. The number of hydrogen-bond acceptors (Lipinski definition) is 4. The molecule has 0 amide bonds. The average Bonchev–Trinajstić information content (AvgIpc) is 3.06. The van der Waals surface area contributed by atoms with E-state index in [4.69, 9.17) is 0 Å². The number of aliphatic hydroxyl groups is 1. The molecule has 0 radical (unpaired) electrons. The van der Waals surface area contributed by atoms with Gasteiger partial charge in [-0.1, -0.05) is 37.3 Å². The summed E-state index contributed by atoms with van der Waals surface area (Å²) in [5.74, 6) is 0.154. The van der Waals surface area contributed by atoms with Crippen molar-refractivity contribution in [1.29, 1.82) is 0 Å². The van der Waals surface area contributed by atoms with Crippen LogP contribution in [0.2, 0.25) is 0 Å². The summed E-state index contributed by atoms with van der Waals surface area (Å²) in [7, 11) is 0. The molecule has 0 spiro atoms. The van der Waals surface area contributed by atoms with E-state index in [9.17, 15) is 9.90 Å². The lowest BCUT2D eigenvalue weighted by Gasteiger charge is -2.40. The minimum atomic E-state index is -0.921. The van der Waals surface area contributed by atoms with E-state index in [1.54, 1.807) is 23.1 Å². The average molecular weight is 311 g/mol. The molecule has 2 aromatic rings. The summed E-state index contributed by atoms with van der Waals surface area (Å²) < 4.78 is 1.69. The molecule has 2 atom stereocenters. The van der Waals surface area contributed by atoms with Gasteiger partial charge in [0.15, 0.2) is 0 Å². The van der Waals surface area contributed by atoms with Gasteiger partial charge in [0.05, 0.1) is 6.54 Å². The summed E-state index contributed by atoms with van der Waals surface area (Å²) >= 11 is 0. The zero-order valence-corrected chi connectivity index (χ0v) is 13.2. The third-order valence-electron chi connectivity index (χ3n) is 4.74. The van der Waals surface area contributed by atoms with Gasteiger partial charge >= 0.3 is 0 Å². The largest absolute Gasteiger partial charge is 0.383 e. The van der Waals surface area contributed by atoms with Crippen molar-refractivity contribution in [3.63, 3.8) is 0 Å². The summed E-state index contributed by atoms with van der Waals surface area (Å²) in [6.45, 7) is 2.49. The van der Waals surface area contributed by atoms with Crippen LogP contribution in [0.15, 0.2) is 42.5 Å². The summed E-state index contributed by atoms with van der Waals surface area (Å²) in [6.07, 6.45) is 8.92. The van der Waals surface area contributed by atoms with Crippen molar-refractivity contribution in [3.05, 3.63) is 53.6 Å². The number of aromatic nitrogens is 3. The molecule has 1 aromatic heterocycles. The van der Waals surface area contributed by atoms with Gasteiger partial charge < -0.3 is 5.11 Å². The Morgan fingerprint density at radius 2 is 2.09 bits per heavy atom. The van der Waals surface area contributed by atoms with Gasteiger partial charge in [0.2, 0.25) is 0 Å². The highest BCUT2D eigenvalue weighted by Gasteiger charge is 2.40. The van der Waals surface area contributed by atoms with Crippen LogP contribution in [0.25, 0.3) is 6.08 Å². The normalized spacial score (nSPS) is 26.3. The van der Waals surface area contributed by atoms with Crippen LogP contribution < -0.4 is 0 Å². The number of carbonyl (C=O) groups is 1. The van der Waals surface area contributed by atoms with Crippen LogP contribution in [0.1, 0.15) is 42.1 Å². The number of nitrogens with zero attached hydrogens (tertiary/aromatic N) is 3. The molecule has 0 bridgehead atoms. The predicted molar refractivity (Wildman–Crippen MR) is 87.8 cm³/mol. The molecular formula is C18H21N3O2. The van der Waals surface area contributed by atoms with Crippen molar-refractivity contribution in [2.75, 3.05) is 0 Å². The van der Waals surface area contributed by atoms with Crippen molar-refractivity contribution in [2.24, 2.45) is 5.92 Å². The first-order valence-corrected chi connectivity index (χ1v) is 7.93. The lowest BCUT2D eigenvalue weighted by Crippen LogP contribution is -2.45. The first-order chi connectivity index (χ1) is 11.1. The summed E-state index contributed by atoms with van der Waals surface area (Å²) in [5.41, 5.74) is 1.75. The molecule has 1 aliphatic rings. The van der Waals surface area contributed by atoms with Gasteiger partial charge in [-0.25, -0.2) is 9.67 Å². The van der Waals surface area contributed by atoms with Crippen LogP contribution >= 0.6 is 0 Å². The summed E-state index contributed by atoms with van der Waals surface area (Å²) in [6, 6.07) is 7.40. The van der Waals surface area contributed by atoms with Crippen LogP contribution in [0.3, 0.4) is 0 Å². The number of rotatable bonds is 4. The Labute approximate surface area is 135 Å². The minimum absolute atomic E-state index is 0.154. The number of benzene rings is 1. The Morgan fingerprint density at radius 1 is 1.35 bits per heavy atom. The molecule has 3 rings (SSSR count). The smallest absolute Gasteiger partial charge is 0.150 e. The fourth-order valence-corrected chi connectivity index (χ4v) is 3.26. The van der Waals surface area contributed by atoms with E-state index >= 15 is 0 Å². The standard InChI is InChI=1S/C18H21N3O2/c1-14-3-2-4-17(9-15-5-7-16(10-22)8-6-15)18(14,23)11-21-13-19-12-20-21/h5-10,12-14,23H,2-4,11H2,1H3/b17-9+/t14-,18-/m1/s1. The van der Waals surface area contributed by atoms with Crippen LogP contribution in [-0.4, -0.2) is 31.8 Å². The first kappa shape index (κ1) is 15.6. The monoisotopic (exact) mass is 311 g/mol. The van der Waals surface area contributed by atoms with Crippen LogP contribution in [-0.2, 0) is 6.54 Å². The quantitative estimate of drug-likeness (QED) is 0.882. The van der Waals surface area contributed by atoms with E-state index in [1.807, 2.05) is 18.2 Å². The Kier molecular flexibility index (Phi) is 4.39. The van der Waals surface area contributed by atoms with Gasteiger partial charge in [0.1, 0.15) is 24.5 Å². The predicted octanol–water partition coefficient (Wildman–Crippen LogP) is 2.73. The summed E-state index contributed by atoms with van der Waals surface area (Å²) in [4.78, 5) is 14.7. The van der Waals surface area contributed by atoms with Crippen molar-refractivity contribution in [2.45, 2.75) is 38.3 Å². The Morgan fingerprint density at radius 3 is 2.74 bits per heavy atom. The fraction of sp³-hybridized carbons (Fsp3) is 0.389. The Bertz CT molecular complexity index is 692. The Balaban J connectivity index is 1.92. The van der Waals surface area contributed by atoms with E-state index in [1.165, 1.54) is 6.33 Å². The van der Waals surface area contributed by atoms with Crippen molar-refractivity contribution in [1.82, 2.24) is 14.8 Å². The highest BCUT2D eigenvalue weighted by atomic mass is 16.3. The van der Waals surface area contributed by atoms with E-state index in [0.29, 0.717) is 12.1 Å². The molecule has 1 aromatic carbocycles. The first-order valence-electron chi connectivity index (χ1n) is 7.93. The van der Waals surface area contributed by atoms with Gasteiger partial charge in [-0.15, -0.1) is 0 Å². The SMILES string of the molecule is C[C@@H]1CCC/C(=C\c2ccc(C=O)cc2)[C@@]1(O)Cn1cncn1. The lowest BCUT2D eigenvalue weighted by molar-refractivity contribution is -0.0126. The van der Waals surface area contributed by atoms with Gasteiger partial charge in [0.25, 0.3) is 0 Å². The second kappa shape index (κ2) is 6.46. The highest BCUT2D eigenvalue weighted by molar-refractivity contribution is 5.75. The number of carbonyl (C=O) groups excluding carboxylic acids is 1. The molecule has 0 saturated heterocycles. The maximum Gasteiger partial charge on any atom is 0.150 e. The topological polar surface area (TPSA) is 68.0 Å². The van der Waals surface area contributed by atoms with Gasteiger partial charge in [-0.05, 0) is 36.3 Å². The van der Waals surface area contributed by atoms with Crippen molar-refractivity contribution in [3.8, 4) is 0 Å². The van der Waals surface area contributed by atoms with Gasteiger partial charge in [-0.3, -0.25) is 4.79 Å². The molecule has 0 aliphatic heterocycles. The third kappa shape index (κ3) is 3.24.